The number of rotatable bonds is 0. The average Bonchev–Trinajstić information content (AvgIpc) is 1.86. The van der Waals surface area contributed by atoms with Gasteiger partial charge in [-0.3, -0.25) is 4.98 Å². The van der Waals surface area contributed by atoms with Crippen LogP contribution in [0, 0.1) is 5.95 Å². The summed E-state index contributed by atoms with van der Waals surface area (Å²) in [5.74, 6) is -0.516. The third-order valence-electron chi connectivity index (χ3n) is 1.37. The Morgan fingerprint density at radius 2 is 1.91 bits per heavy atom. The lowest BCUT2D eigenvalue weighted by atomic mass is 9.93. The lowest BCUT2D eigenvalue weighted by Gasteiger charge is -2.16. The van der Waals surface area contributed by atoms with Gasteiger partial charge in [0.25, 0.3) is 0 Å². The first-order chi connectivity index (χ1) is 5.00. The van der Waals surface area contributed by atoms with Crippen molar-refractivity contribution in [1.29, 1.82) is 0 Å². The summed E-state index contributed by atoms with van der Waals surface area (Å²) in [5, 5.41) is 0. The van der Waals surface area contributed by atoms with Crippen LogP contribution in [-0.2, 0) is 5.41 Å². The Hall–Kier alpha value is -0.990. The molecule has 0 radical (unpaired) electrons. The number of hydrogen-bond acceptors (Lipinski definition) is 2. The molecular formula is C8H11FN2. The zero-order valence-electron chi connectivity index (χ0n) is 6.93. The third kappa shape index (κ3) is 1.97. The van der Waals surface area contributed by atoms with E-state index in [2.05, 4.69) is 9.97 Å². The topological polar surface area (TPSA) is 25.8 Å². The van der Waals surface area contributed by atoms with E-state index in [1.807, 2.05) is 20.8 Å². The van der Waals surface area contributed by atoms with E-state index < -0.39 is 5.95 Å². The van der Waals surface area contributed by atoms with Gasteiger partial charge in [-0.1, -0.05) is 20.8 Å². The standard InChI is InChI=1S/C8H11FN2/c1-8(2,3)6-4-10-5-7(9)11-6/h4-5H,1-3H3. The molecule has 1 rings (SSSR count). The fourth-order valence-electron chi connectivity index (χ4n) is 0.704. The van der Waals surface area contributed by atoms with Crippen LogP contribution in [0.1, 0.15) is 26.5 Å². The lowest BCUT2D eigenvalue weighted by molar-refractivity contribution is 0.516. The summed E-state index contributed by atoms with van der Waals surface area (Å²) in [6, 6.07) is 0. The second-order valence-corrected chi connectivity index (χ2v) is 3.48. The molecule has 0 amide bonds. The molecule has 3 heteroatoms. The molecule has 1 aromatic rings. The molecular weight excluding hydrogens is 143 g/mol. The van der Waals surface area contributed by atoms with E-state index in [0.29, 0.717) is 5.69 Å². The van der Waals surface area contributed by atoms with E-state index in [1.54, 1.807) is 6.20 Å². The summed E-state index contributed by atoms with van der Waals surface area (Å²) in [5.41, 5.74) is 0.548. The van der Waals surface area contributed by atoms with Gasteiger partial charge in [0.1, 0.15) is 0 Å². The zero-order chi connectivity index (χ0) is 8.48. The fraction of sp³-hybridized carbons (Fsp3) is 0.500. The fourth-order valence-corrected chi connectivity index (χ4v) is 0.704. The zero-order valence-corrected chi connectivity index (χ0v) is 6.93. The maximum atomic E-state index is 12.5. The Bertz CT molecular complexity index is 253. The van der Waals surface area contributed by atoms with Crippen LogP contribution in [0.5, 0.6) is 0 Å². The van der Waals surface area contributed by atoms with Crippen LogP contribution >= 0.6 is 0 Å². The predicted molar refractivity (Wildman–Crippen MR) is 40.7 cm³/mol. The van der Waals surface area contributed by atoms with Crippen LogP contribution in [-0.4, -0.2) is 9.97 Å². The Labute approximate surface area is 65.5 Å². The van der Waals surface area contributed by atoms with Crippen LogP contribution in [0.25, 0.3) is 0 Å². The van der Waals surface area contributed by atoms with Crippen LogP contribution < -0.4 is 0 Å². The van der Waals surface area contributed by atoms with Crippen molar-refractivity contribution in [2.45, 2.75) is 26.2 Å². The monoisotopic (exact) mass is 154 g/mol. The Balaban J connectivity index is 3.06. The molecule has 11 heavy (non-hydrogen) atoms. The van der Waals surface area contributed by atoms with Crippen molar-refractivity contribution in [3.63, 3.8) is 0 Å². The molecule has 0 atom stereocenters. The maximum absolute atomic E-state index is 12.5. The van der Waals surface area contributed by atoms with Crippen molar-refractivity contribution < 1.29 is 4.39 Å². The first kappa shape index (κ1) is 8.11. The van der Waals surface area contributed by atoms with Gasteiger partial charge in [-0.2, -0.15) is 4.39 Å². The summed E-state index contributed by atoms with van der Waals surface area (Å²) in [4.78, 5) is 7.43. The number of aromatic nitrogens is 2. The van der Waals surface area contributed by atoms with Gasteiger partial charge < -0.3 is 0 Å². The van der Waals surface area contributed by atoms with E-state index in [1.165, 1.54) is 0 Å². The second kappa shape index (κ2) is 2.57. The highest BCUT2D eigenvalue weighted by Crippen LogP contribution is 2.18. The van der Waals surface area contributed by atoms with E-state index in [4.69, 9.17) is 0 Å². The molecule has 0 spiro atoms. The Morgan fingerprint density at radius 3 is 2.27 bits per heavy atom. The summed E-state index contributed by atoms with van der Waals surface area (Å²) < 4.78 is 12.5. The van der Waals surface area contributed by atoms with Crippen molar-refractivity contribution in [3.05, 3.63) is 24.0 Å². The van der Waals surface area contributed by atoms with E-state index in [9.17, 15) is 4.39 Å². The minimum Gasteiger partial charge on any atom is -0.258 e. The van der Waals surface area contributed by atoms with E-state index in [-0.39, 0.29) is 5.41 Å². The minimum absolute atomic E-state index is 0.130. The van der Waals surface area contributed by atoms with Gasteiger partial charge in [-0.25, -0.2) is 4.98 Å². The minimum atomic E-state index is -0.516. The molecule has 0 aromatic carbocycles. The van der Waals surface area contributed by atoms with Gasteiger partial charge >= 0.3 is 0 Å². The molecule has 0 saturated heterocycles. The first-order valence-corrected chi connectivity index (χ1v) is 3.48. The summed E-state index contributed by atoms with van der Waals surface area (Å²) in [6.45, 7) is 5.91. The second-order valence-electron chi connectivity index (χ2n) is 3.48. The molecule has 0 aliphatic carbocycles. The van der Waals surface area contributed by atoms with Gasteiger partial charge in [0.15, 0.2) is 0 Å². The number of nitrogens with zero attached hydrogens (tertiary/aromatic N) is 2. The van der Waals surface area contributed by atoms with Crippen molar-refractivity contribution in [3.8, 4) is 0 Å². The highest BCUT2D eigenvalue weighted by molar-refractivity contribution is 5.07. The molecule has 0 bridgehead atoms. The maximum Gasteiger partial charge on any atom is 0.231 e. The molecule has 0 unspecified atom stereocenters. The van der Waals surface area contributed by atoms with E-state index in [0.717, 1.165) is 6.20 Å². The van der Waals surface area contributed by atoms with Gasteiger partial charge in [-0.05, 0) is 0 Å². The molecule has 60 valence electrons. The molecule has 1 aromatic heterocycles. The lowest BCUT2D eigenvalue weighted by Crippen LogP contribution is -2.14. The molecule has 1 heterocycles. The quantitative estimate of drug-likeness (QED) is 0.570. The summed E-state index contributed by atoms with van der Waals surface area (Å²) in [6.07, 6.45) is 2.69. The van der Waals surface area contributed by atoms with Crippen LogP contribution in [0.4, 0.5) is 4.39 Å². The van der Waals surface area contributed by atoms with Crippen LogP contribution in [0.15, 0.2) is 12.4 Å². The molecule has 2 nitrogen and oxygen atoms in total. The largest absolute Gasteiger partial charge is 0.258 e. The molecule has 0 saturated carbocycles. The van der Waals surface area contributed by atoms with Crippen molar-refractivity contribution >= 4 is 0 Å². The Kier molecular flexibility index (Phi) is 1.89. The molecule has 0 fully saturated rings. The average molecular weight is 154 g/mol. The van der Waals surface area contributed by atoms with Crippen molar-refractivity contribution in [2.75, 3.05) is 0 Å². The third-order valence-corrected chi connectivity index (χ3v) is 1.37. The SMILES string of the molecule is CC(C)(C)c1cncc(F)n1. The number of halogens is 1. The van der Waals surface area contributed by atoms with Crippen LogP contribution in [0.2, 0.25) is 0 Å². The van der Waals surface area contributed by atoms with Crippen molar-refractivity contribution in [2.24, 2.45) is 0 Å². The highest BCUT2D eigenvalue weighted by atomic mass is 19.1. The Morgan fingerprint density at radius 1 is 1.27 bits per heavy atom. The summed E-state index contributed by atoms with van der Waals surface area (Å²) in [7, 11) is 0. The first-order valence-electron chi connectivity index (χ1n) is 3.48. The van der Waals surface area contributed by atoms with Gasteiger partial charge in [-0.15, -0.1) is 0 Å². The van der Waals surface area contributed by atoms with Crippen LogP contribution in [0.3, 0.4) is 0 Å². The van der Waals surface area contributed by atoms with Crippen molar-refractivity contribution in [1.82, 2.24) is 9.97 Å². The number of hydrogen-bond donors (Lipinski definition) is 0. The van der Waals surface area contributed by atoms with Gasteiger partial charge in [0.2, 0.25) is 5.95 Å². The normalized spacial score (nSPS) is 11.6. The molecule has 0 aliphatic rings. The van der Waals surface area contributed by atoms with Gasteiger partial charge in [0, 0.05) is 11.6 Å². The smallest absolute Gasteiger partial charge is 0.231 e. The van der Waals surface area contributed by atoms with E-state index >= 15 is 0 Å². The summed E-state index contributed by atoms with van der Waals surface area (Å²) >= 11 is 0. The highest BCUT2D eigenvalue weighted by Gasteiger charge is 2.15. The molecule has 0 N–H and O–H groups in total. The molecule has 0 aliphatic heterocycles. The van der Waals surface area contributed by atoms with Gasteiger partial charge in [0.05, 0.1) is 11.9 Å². The predicted octanol–water partition coefficient (Wildman–Crippen LogP) is 1.91.